The van der Waals surface area contributed by atoms with Crippen LogP contribution in [0.5, 0.6) is 0 Å². The van der Waals surface area contributed by atoms with Gasteiger partial charge in [-0.25, -0.2) is 0 Å². The summed E-state index contributed by atoms with van der Waals surface area (Å²) in [6.45, 7) is 1.53. The molecule has 3 aliphatic heterocycles. The fraction of sp³-hybridized carbons (Fsp3) is 0.0652. The summed E-state index contributed by atoms with van der Waals surface area (Å²) in [5, 5.41) is 2.18. The lowest BCUT2D eigenvalue weighted by Gasteiger charge is -2.56. The molecule has 0 amide bonds. The molecule has 25 heteroatoms. The molecule has 7 aromatic carbocycles. The Morgan fingerprint density at radius 3 is 0.775 bits per heavy atom. The highest BCUT2D eigenvalue weighted by Gasteiger charge is 2.80. The van der Waals surface area contributed by atoms with E-state index >= 15 is 0 Å². The van der Waals surface area contributed by atoms with Gasteiger partial charge in [0.15, 0.2) is 0 Å². The molecule has 3 heterocycles. The van der Waals surface area contributed by atoms with Crippen molar-refractivity contribution in [3.63, 3.8) is 0 Å². The van der Waals surface area contributed by atoms with E-state index in [-0.39, 0.29) is 28.1 Å². The smallest absolute Gasteiger partial charge is 0.466 e. The molecule has 4 bridgehead atoms. The van der Waals surface area contributed by atoms with Crippen molar-refractivity contribution in [2.45, 2.75) is 13.0 Å². The normalized spacial score (nSPS) is 29.4. The highest BCUT2D eigenvalue weighted by Crippen LogP contribution is 2.41. The van der Waals surface area contributed by atoms with Gasteiger partial charge in [0.05, 0.1) is 6.61 Å². The van der Waals surface area contributed by atoms with Gasteiger partial charge < -0.3 is 56.2 Å². The second kappa shape index (κ2) is 21.2. The number of esters is 1. The second-order valence-corrected chi connectivity index (χ2v) is 44.8. The summed E-state index contributed by atoms with van der Waals surface area (Å²) < 4.78 is 71.0. The monoisotopic (exact) mass is 1150 g/mol. The Morgan fingerprint density at radius 1 is 0.380 bits per heavy atom. The Morgan fingerprint density at radius 2 is 0.577 bits per heavy atom. The van der Waals surface area contributed by atoms with Crippen LogP contribution in [0.2, 0.25) is 6.04 Å². The molecule has 0 saturated carbocycles. The molecule has 3 N–H and O–H groups in total. The molecule has 71 heavy (non-hydrogen) atoms. The fourth-order valence-corrected chi connectivity index (χ4v) is 42.7. The predicted molar refractivity (Wildman–Crippen MR) is 284 cm³/mol. The van der Waals surface area contributed by atoms with Gasteiger partial charge in [0.1, 0.15) is 0 Å². The van der Waals surface area contributed by atoms with Gasteiger partial charge >= 0.3 is 73.6 Å². The summed E-state index contributed by atoms with van der Waals surface area (Å²) in [5.74, 6) is -0.344. The molecular weight excluding hydrogens is 1110 g/mol. The Balaban J connectivity index is 0.000000565. The van der Waals surface area contributed by atoms with Crippen molar-refractivity contribution in [1.29, 1.82) is 0 Å². The molecule has 0 spiro atoms. The number of benzene rings is 7. The maximum atomic E-state index is 13.6. The summed E-state index contributed by atoms with van der Waals surface area (Å²) in [5.41, 5.74) is 0. The standard InChI is InChI=1S/C42H38O12Si7.C4H7Cl3O2Si/c43-55(36-22-8-1-9-23-36)46-58(39-28-14-4-15-29-39)48-56(44,37-24-10-2-11-25-37)50-60(41-32-18-6-19-33-41)51-57(45,38-26-12-3-13-27-38)49-59(47-55,40-30-16-5-17-31-40)53-61(52-58,54-60)42-34-20-7-21-35-42;1-4(8)9-2-3-10(5,6)7/h1-35,43-45H;2-3H2,1H3. The summed E-state index contributed by atoms with van der Waals surface area (Å²) in [4.78, 5) is 50.9. The van der Waals surface area contributed by atoms with Crippen molar-refractivity contribution in [2.75, 3.05) is 6.61 Å². The van der Waals surface area contributed by atoms with Crippen LogP contribution < -0.4 is 36.3 Å². The Bertz CT molecular complexity index is 2610. The number of rotatable bonds is 10. The molecule has 0 unspecified atom stereocenters. The summed E-state index contributed by atoms with van der Waals surface area (Å²) in [6, 6.07) is 59.2. The van der Waals surface area contributed by atoms with Crippen LogP contribution in [0.15, 0.2) is 212 Å². The molecule has 7 aromatic rings. The lowest BCUT2D eigenvalue weighted by atomic mass is 10.4. The summed E-state index contributed by atoms with van der Waals surface area (Å²) in [6.07, 6.45) is 0. The van der Waals surface area contributed by atoms with Gasteiger partial charge in [-0.3, -0.25) is 4.79 Å². The minimum Gasteiger partial charge on any atom is -0.466 e. The molecule has 3 saturated heterocycles. The third-order valence-electron chi connectivity index (χ3n) is 11.1. The average Bonchev–Trinajstić information content (AvgIpc) is 3.36. The van der Waals surface area contributed by atoms with Crippen LogP contribution >= 0.6 is 33.2 Å². The molecule has 3 aliphatic rings. The topological polar surface area (TPSA) is 170 Å². The first kappa shape index (κ1) is 52.0. The zero-order valence-electron chi connectivity index (χ0n) is 37.6. The lowest BCUT2D eigenvalue weighted by Crippen LogP contribution is -2.91. The molecule has 0 aliphatic carbocycles. The first-order chi connectivity index (χ1) is 34.0. The number of carbonyl (C=O) groups excluding carboxylic acids is 1. The molecule has 366 valence electrons. The number of hydrogen-bond donors (Lipinski definition) is 3. The van der Waals surface area contributed by atoms with Gasteiger partial charge in [-0.15, -0.1) is 33.2 Å². The van der Waals surface area contributed by atoms with Crippen LogP contribution in [-0.4, -0.2) is 94.6 Å². The van der Waals surface area contributed by atoms with E-state index in [1.807, 2.05) is 36.4 Å². The molecule has 0 aromatic heterocycles. The van der Waals surface area contributed by atoms with E-state index in [1.54, 1.807) is 176 Å². The first-order valence-electron chi connectivity index (χ1n) is 22.1. The highest BCUT2D eigenvalue weighted by atomic mass is 35.8. The minimum atomic E-state index is -5.04. The van der Waals surface area contributed by atoms with E-state index in [4.69, 9.17) is 70.3 Å². The third-order valence-corrected chi connectivity index (χ3v) is 40.4. The third kappa shape index (κ3) is 11.3. The lowest BCUT2D eigenvalue weighted by molar-refractivity contribution is -0.140. The van der Waals surface area contributed by atoms with Gasteiger partial charge in [-0.05, 0) is 0 Å². The largest absolute Gasteiger partial charge is 0.520 e. The van der Waals surface area contributed by atoms with Crippen LogP contribution in [-0.2, 0) is 46.6 Å². The first-order valence-corrected chi connectivity index (χ1v) is 39.5. The number of hydrogen-bond acceptors (Lipinski definition) is 14. The van der Waals surface area contributed by atoms with Crippen LogP contribution in [0.3, 0.4) is 0 Å². The number of fused-ring (bicyclic) bond motifs is 3. The van der Waals surface area contributed by atoms with E-state index in [2.05, 4.69) is 4.74 Å². The molecule has 3 fully saturated rings. The van der Waals surface area contributed by atoms with E-state index < -0.39 is 67.6 Å². The molecule has 14 nitrogen and oxygen atoms in total. The number of halogens is 3. The van der Waals surface area contributed by atoms with Gasteiger partial charge in [0, 0.05) is 49.3 Å². The van der Waals surface area contributed by atoms with Crippen molar-refractivity contribution < 1.29 is 61.0 Å². The number of carbonyl (C=O) groups is 1. The average molecular weight is 1150 g/mol. The zero-order valence-corrected chi connectivity index (χ0v) is 47.9. The van der Waals surface area contributed by atoms with Gasteiger partial charge in [0.2, 0.25) is 0 Å². The molecular formula is C46H45Cl3O14Si8. The SMILES string of the molecule is CC(=O)OCC[Si](Cl)(Cl)Cl.O[Si]1(c2ccccc2)O[Si]2(c3ccccc3)O[Si](O)(c3ccccc3)O[Si]3(c4ccccc4)O[Si](O)(c4ccccc4)O[Si](c4ccccc4)(O1)O[Si](c1ccccc1)(O2)O3. The van der Waals surface area contributed by atoms with Crippen LogP contribution in [0.25, 0.3) is 0 Å². The minimum absolute atomic E-state index is 0.206. The summed E-state index contributed by atoms with van der Waals surface area (Å²) in [7, 11) is -34.7. The maximum Gasteiger partial charge on any atom is 0.520 e. The van der Waals surface area contributed by atoms with Gasteiger partial charge in [0.25, 0.3) is 0 Å². The van der Waals surface area contributed by atoms with Crippen molar-refractivity contribution in [2.24, 2.45) is 0 Å². The second-order valence-electron chi connectivity index (χ2n) is 16.2. The Kier molecular flexibility index (Phi) is 15.5. The summed E-state index contributed by atoms with van der Waals surface area (Å²) >= 11 is 16.5. The van der Waals surface area contributed by atoms with Crippen molar-refractivity contribution in [1.82, 2.24) is 0 Å². The highest BCUT2D eigenvalue weighted by molar-refractivity contribution is 7.64. The number of ether oxygens (including phenoxy) is 1. The molecule has 0 radical (unpaired) electrons. The van der Waals surface area contributed by atoms with Crippen molar-refractivity contribution >= 4 is 143 Å². The van der Waals surface area contributed by atoms with Crippen molar-refractivity contribution in [3.05, 3.63) is 212 Å². The van der Waals surface area contributed by atoms with Gasteiger partial charge in [-0.1, -0.05) is 212 Å². The van der Waals surface area contributed by atoms with Crippen LogP contribution in [0, 0.1) is 0 Å². The maximum absolute atomic E-state index is 13.6. The zero-order chi connectivity index (χ0) is 49.9. The fourth-order valence-electron chi connectivity index (χ4n) is 7.82. The van der Waals surface area contributed by atoms with Gasteiger partial charge in [-0.2, -0.15) is 0 Å². The van der Waals surface area contributed by atoms with E-state index in [0.717, 1.165) is 0 Å². The Hall–Kier alpha value is -3.86. The van der Waals surface area contributed by atoms with Crippen LogP contribution in [0.1, 0.15) is 6.92 Å². The van der Waals surface area contributed by atoms with Crippen molar-refractivity contribution in [3.8, 4) is 0 Å². The van der Waals surface area contributed by atoms with E-state index in [0.29, 0.717) is 26.8 Å². The molecule has 0 atom stereocenters. The van der Waals surface area contributed by atoms with Crippen LogP contribution in [0.4, 0.5) is 0 Å². The predicted octanol–water partition coefficient (Wildman–Crippen LogP) is 3.28. The van der Waals surface area contributed by atoms with E-state index in [9.17, 15) is 19.2 Å². The quantitative estimate of drug-likeness (QED) is 0.104. The van der Waals surface area contributed by atoms with E-state index in [1.165, 1.54) is 6.92 Å². The molecule has 10 rings (SSSR count). The Labute approximate surface area is 433 Å².